The topological polar surface area (TPSA) is 85.2 Å². The number of carbonyl (C=O) groups is 2. The molecule has 0 radical (unpaired) electrons. The lowest BCUT2D eigenvalue weighted by Gasteiger charge is -2.08. The fourth-order valence-electron chi connectivity index (χ4n) is 1.31. The Labute approximate surface area is 110 Å². The Bertz CT molecular complexity index is 444. The second kappa shape index (κ2) is 7.86. The summed E-state index contributed by atoms with van der Waals surface area (Å²) in [7, 11) is 1.23. The van der Waals surface area contributed by atoms with Crippen LogP contribution in [0.2, 0.25) is 0 Å². The van der Waals surface area contributed by atoms with Crippen LogP contribution in [-0.2, 0) is 14.3 Å². The van der Waals surface area contributed by atoms with Crippen LogP contribution >= 0.6 is 0 Å². The summed E-state index contributed by atoms with van der Waals surface area (Å²) in [5.41, 5.74) is 0. The minimum atomic E-state index is -0.993. The number of hydrogen-bond donors (Lipinski definition) is 1. The molecule has 0 heterocycles. The molecule has 1 aromatic carbocycles. The van der Waals surface area contributed by atoms with E-state index in [4.69, 9.17) is 9.84 Å². The molecule has 0 saturated carbocycles. The highest BCUT2D eigenvalue weighted by molar-refractivity contribution is 5.78. The number of para-hydroxylation sites is 1. The Kier molecular flexibility index (Phi) is 6.08. The zero-order valence-corrected chi connectivity index (χ0v) is 10.5. The van der Waals surface area contributed by atoms with Crippen LogP contribution in [-0.4, -0.2) is 36.6 Å². The van der Waals surface area contributed by atoms with Crippen LogP contribution < -0.4 is 4.74 Å². The first-order valence-corrected chi connectivity index (χ1v) is 5.66. The van der Waals surface area contributed by atoms with Crippen molar-refractivity contribution in [3.63, 3.8) is 0 Å². The predicted molar refractivity (Wildman–Crippen MR) is 68.2 cm³/mol. The molecule has 0 aliphatic carbocycles. The molecule has 0 bridgehead atoms. The van der Waals surface area contributed by atoms with Crippen LogP contribution in [0.3, 0.4) is 0 Å². The second-order valence-electron chi connectivity index (χ2n) is 3.66. The summed E-state index contributed by atoms with van der Waals surface area (Å²) < 4.78 is 9.74. The lowest BCUT2D eigenvalue weighted by Crippen LogP contribution is -2.22. The molecule has 0 spiro atoms. The summed E-state index contributed by atoms with van der Waals surface area (Å²) >= 11 is 0. The summed E-state index contributed by atoms with van der Waals surface area (Å²) in [6.45, 7) is 0. The highest BCUT2D eigenvalue weighted by atomic mass is 16.5. The van der Waals surface area contributed by atoms with Gasteiger partial charge in [-0.3, -0.25) is 4.79 Å². The van der Waals surface area contributed by atoms with E-state index in [1.165, 1.54) is 7.11 Å². The molecule has 1 unspecified atom stereocenters. The number of esters is 1. The van der Waals surface area contributed by atoms with Crippen molar-refractivity contribution in [3.05, 3.63) is 30.3 Å². The first-order chi connectivity index (χ1) is 9.13. The molecule has 1 atom stereocenters. The number of hydrogen-bond acceptors (Lipinski definition) is 5. The largest absolute Gasteiger partial charge is 0.481 e. The lowest BCUT2D eigenvalue weighted by atomic mass is 10.2. The summed E-state index contributed by atoms with van der Waals surface area (Å²) in [5.74, 6) is -1.00. The summed E-state index contributed by atoms with van der Waals surface area (Å²) in [6, 6.07) is 8.03. The summed E-state index contributed by atoms with van der Waals surface area (Å²) in [6.07, 6.45) is 1.03. The van der Waals surface area contributed by atoms with E-state index in [1.54, 1.807) is 24.3 Å². The molecule has 6 heteroatoms. The maximum atomic E-state index is 11.4. The Morgan fingerprint density at radius 3 is 2.63 bits per heavy atom. The fourth-order valence-corrected chi connectivity index (χ4v) is 1.31. The van der Waals surface area contributed by atoms with Gasteiger partial charge in [-0.05, 0) is 18.6 Å². The van der Waals surface area contributed by atoms with Gasteiger partial charge in [0.05, 0.1) is 7.11 Å². The summed E-state index contributed by atoms with van der Waals surface area (Å²) in [5, 5.41) is 8.59. The van der Waals surface area contributed by atoms with Crippen LogP contribution in [0.1, 0.15) is 12.8 Å². The highest BCUT2D eigenvalue weighted by Gasteiger charge is 2.18. The van der Waals surface area contributed by atoms with E-state index in [9.17, 15) is 9.59 Å². The van der Waals surface area contributed by atoms with Gasteiger partial charge in [-0.25, -0.2) is 9.79 Å². The normalized spacial score (nSPS) is 12.1. The van der Waals surface area contributed by atoms with E-state index in [0.717, 1.165) is 6.40 Å². The molecule has 1 N–H and O–H groups in total. The van der Waals surface area contributed by atoms with Crippen LogP contribution in [0.5, 0.6) is 5.75 Å². The van der Waals surface area contributed by atoms with Crippen LogP contribution in [0.4, 0.5) is 0 Å². The van der Waals surface area contributed by atoms with Crippen LogP contribution in [0, 0.1) is 0 Å². The Morgan fingerprint density at radius 1 is 1.37 bits per heavy atom. The SMILES string of the molecule is COC(=O)C(CCC(=O)O)N=COc1ccccc1. The first kappa shape index (κ1) is 14.7. The lowest BCUT2D eigenvalue weighted by molar-refractivity contribution is -0.142. The monoisotopic (exact) mass is 265 g/mol. The maximum Gasteiger partial charge on any atom is 0.330 e. The van der Waals surface area contributed by atoms with Crippen molar-refractivity contribution in [2.45, 2.75) is 18.9 Å². The molecule has 0 aromatic heterocycles. The predicted octanol–water partition coefficient (Wildman–Crippen LogP) is 1.50. The van der Waals surface area contributed by atoms with Crippen molar-refractivity contribution in [2.75, 3.05) is 7.11 Å². The third-order valence-corrected chi connectivity index (χ3v) is 2.28. The van der Waals surface area contributed by atoms with Crippen molar-refractivity contribution in [1.82, 2.24) is 0 Å². The van der Waals surface area contributed by atoms with Gasteiger partial charge >= 0.3 is 11.9 Å². The van der Waals surface area contributed by atoms with Gasteiger partial charge in [0.15, 0.2) is 12.4 Å². The maximum absolute atomic E-state index is 11.4. The van der Waals surface area contributed by atoms with Crippen molar-refractivity contribution >= 4 is 18.3 Å². The quantitative estimate of drug-likeness (QED) is 0.458. The smallest absolute Gasteiger partial charge is 0.330 e. The van der Waals surface area contributed by atoms with Gasteiger partial charge in [-0.1, -0.05) is 18.2 Å². The van der Waals surface area contributed by atoms with Crippen LogP contribution in [0.15, 0.2) is 35.3 Å². The Hall–Kier alpha value is -2.37. The van der Waals surface area contributed by atoms with Gasteiger partial charge in [0.2, 0.25) is 0 Å². The number of carboxylic acids is 1. The Morgan fingerprint density at radius 2 is 2.05 bits per heavy atom. The average Bonchev–Trinajstić information content (AvgIpc) is 2.42. The minimum absolute atomic E-state index is 0.0661. The number of aliphatic imine (C=N–C) groups is 1. The molecule has 6 nitrogen and oxygen atoms in total. The molecule has 102 valence electrons. The summed E-state index contributed by atoms with van der Waals surface area (Å²) in [4.78, 5) is 25.7. The van der Waals surface area contributed by atoms with Gasteiger partial charge < -0.3 is 14.6 Å². The molecule has 0 fully saturated rings. The Balaban J connectivity index is 2.56. The third kappa shape index (κ3) is 5.67. The second-order valence-corrected chi connectivity index (χ2v) is 3.66. The fraction of sp³-hybridized carbons (Fsp3) is 0.308. The molecule has 0 saturated heterocycles. The highest BCUT2D eigenvalue weighted by Crippen LogP contribution is 2.08. The standard InChI is InChI=1S/C13H15NO5/c1-18-13(17)11(7-8-12(15)16)14-9-19-10-5-3-2-4-6-10/h2-6,9,11H,7-8H2,1H3,(H,15,16). The molecular formula is C13H15NO5. The van der Waals surface area contributed by atoms with Crippen LogP contribution in [0.25, 0.3) is 0 Å². The van der Waals surface area contributed by atoms with Gasteiger partial charge in [0.1, 0.15) is 5.75 Å². The number of methoxy groups -OCH3 is 1. The first-order valence-electron chi connectivity index (χ1n) is 5.66. The number of aliphatic carboxylic acids is 1. The molecule has 0 aliphatic heterocycles. The molecule has 19 heavy (non-hydrogen) atoms. The van der Waals surface area contributed by atoms with E-state index in [2.05, 4.69) is 9.73 Å². The molecule has 0 aliphatic rings. The number of ether oxygens (including phenoxy) is 2. The van der Waals surface area contributed by atoms with E-state index >= 15 is 0 Å². The third-order valence-electron chi connectivity index (χ3n) is 2.28. The number of nitrogens with zero attached hydrogens (tertiary/aromatic N) is 1. The molecule has 1 rings (SSSR count). The van der Waals surface area contributed by atoms with E-state index in [-0.39, 0.29) is 12.8 Å². The number of carbonyl (C=O) groups excluding carboxylic acids is 1. The van der Waals surface area contributed by atoms with E-state index < -0.39 is 18.0 Å². The van der Waals surface area contributed by atoms with Gasteiger partial charge in [-0.2, -0.15) is 0 Å². The van der Waals surface area contributed by atoms with Crippen molar-refractivity contribution in [3.8, 4) is 5.75 Å². The zero-order chi connectivity index (χ0) is 14.1. The number of rotatable bonds is 7. The van der Waals surface area contributed by atoms with Gasteiger partial charge in [-0.15, -0.1) is 0 Å². The number of carboxylic acid groups (broad SMARTS) is 1. The van der Waals surface area contributed by atoms with Crippen molar-refractivity contribution < 1.29 is 24.2 Å². The zero-order valence-electron chi connectivity index (χ0n) is 10.5. The van der Waals surface area contributed by atoms with Gasteiger partial charge in [0, 0.05) is 6.42 Å². The van der Waals surface area contributed by atoms with Crippen molar-refractivity contribution in [2.24, 2.45) is 4.99 Å². The van der Waals surface area contributed by atoms with E-state index in [1.807, 2.05) is 6.07 Å². The molecule has 0 amide bonds. The van der Waals surface area contributed by atoms with Gasteiger partial charge in [0.25, 0.3) is 0 Å². The molecular weight excluding hydrogens is 250 g/mol. The van der Waals surface area contributed by atoms with Crippen molar-refractivity contribution in [1.29, 1.82) is 0 Å². The molecule has 1 aromatic rings. The average molecular weight is 265 g/mol. The van der Waals surface area contributed by atoms with E-state index in [0.29, 0.717) is 5.75 Å². The minimum Gasteiger partial charge on any atom is -0.481 e. The number of benzene rings is 1.